The molecule has 0 saturated carbocycles. The van der Waals surface area contributed by atoms with Crippen LogP contribution in [-0.4, -0.2) is 188 Å². The quantitative estimate of drug-likeness (QED) is 0.418. The number of nitrogens with zero attached hydrogens (tertiary/aromatic N) is 8. The Balaban J connectivity index is 0.000000685. The first-order valence-electron chi connectivity index (χ1n) is 20.3. The molecule has 0 bridgehead atoms. The van der Waals surface area contributed by atoms with Gasteiger partial charge in [0.25, 0.3) is 0 Å². The van der Waals surface area contributed by atoms with Crippen molar-refractivity contribution >= 4 is 0 Å². The molecule has 4 aliphatic rings. The maximum atomic E-state index is 2.58. The maximum Gasteiger partial charge on any atom is 1.00 e. The van der Waals surface area contributed by atoms with Gasteiger partial charge in [-0.2, -0.15) is 0 Å². The summed E-state index contributed by atoms with van der Waals surface area (Å²) in [5, 5.41) is 0. The molecule has 0 radical (unpaired) electrons. The van der Waals surface area contributed by atoms with Crippen LogP contribution in [0.3, 0.4) is 0 Å². The number of piperazine rings is 2. The van der Waals surface area contributed by atoms with Crippen LogP contribution < -0.4 is 58.2 Å². The Labute approximate surface area is 381 Å². The zero-order valence-electron chi connectivity index (χ0n) is 38.8. The van der Waals surface area contributed by atoms with E-state index in [0.717, 1.165) is 24.7 Å². The summed E-state index contributed by atoms with van der Waals surface area (Å²) in [7, 11) is 10.9. The number of likely N-dealkylation sites (N-methyl/N-ethyl adjacent to an activating group) is 3. The zero-order valence-corrected chi connectivity index (χ0v) is 43.7. The van der Waals surface area contributed by atoms with Gasteiger partial charge in [0.1, 0.15) is 0 Å². The van der Waals surface area contributed by atoms with Crippen LogP contribution in [0.2, 0.25) is 0 Å². The Morgan fingerprint density at radius 2 is 0.981 bits per heavy atom. The van der Waals surface area contributed by atoms with Gasteiger partial charge in [0.05, 0.1) is 0 Å². The number of rotatable bonds is 5. The summed E-state index contributed by atoms with van der Waals surface area (Å²) < 4.78 is 0. The van der Waals surface area contributed by atoms with E-state index in [1.165, 1.54) is 96.9 Å². The molecule has 0 unspecified atom stereocenters. The SMILES string of the molecule is CC(C)(C)N1CCN(Cc2ccccc2)CC1.CC(C)N1CCN(C)CC1.CN(C)[C@@H]1CCN(C(C)(C)C)C1.CN(C)[C@H]1CCN(C(C)(C)C)C1.[CH3-].[Rb+]. The van der Waals surface area contributed by atoms with E-state index in [0.29, 0.717) is 16.6 Å². The van der Waals surface area contributed by atoms with Gasteiger partial charge < -0.3 is 22.1 Å². The first kappa shape index (κ1) is 53.7. The molecule has 0 amide bonds. The third-order valence-corrected chi connectivity index (χ3v) is 11.5. The predicted octanol–water partition coefficient (Wildman–Crippen LogP) is 3.54. The molecule has 5 rings (SSSR count). The van der Waals surface area contributed by atoms with Gasteiger partial charge in [0, 0.05) is 120 Å². The van der Waals surface area contributed by atoms with Crippen LogP contribution in [-0.2, 0) is 6.54 Å². The van der Waals surface area contributed by atoms with Crippen molar-refractivity contribution in [2.24, 2.45) is 0 Å². The second kappa shape index (κ2) is 25.2. The van der Waals surface area contributed by atoms with Crippen LogP contribution in [0.25, 0.3) is 0 Å². The summed E-state index contributed by atoms with van der Waals surface area (Å²) in [5.41, 5.74) is 2.45. The Hall–Kier alpha value is 0.705. The molecule has 4 fully saturated rings. The van der Waals surface area contributed by atoms with Crippen LogP contribution in [0.5, 0.6) is 0 Å². The Bertz CT molecular complexity index is 1010. The van der Waals surface area contributed by atoms with Crippen molar-refractivity contribution in [1.82, 2.24) is 39.2 Å². The summed E-state index contributed by atoms with van der Waals surface area (Å²) in [5.74, 6) is 0. The van der Waals surface area contributed by atoms with E-state index in [-0.39, 0.29) is 65.6 Å². The fraction of sp³-hybridized carbons (Fsp3) is 0.841. The van der Waals surface area contributed by atoms with Crippen LogP contribution in [0.15, 0.2) is 30.3 Å². The van der Waals surface area contributed by atoms with Crippen LogP contribution in [0.4, 0.5) is 0 Å². The standard InChI is InChI=1S/C15H24N2.2C10H22N2.C8H18N2.CH3.Rb/c1-15(2,3)17-11-9-16(10-12-17)13-14-7-5-4-6-8-14;2*1-10(2,3)12-7-6-9(8-12)11(4)5;1-8(2)10-6-4-9(3)5-7-10;;/h4-8H,9-13H2,1-3H3;2*9H,6-8H2,1-5H3;8H,4-7H2,1-3H3;1H3;/q;;;;-1;+1/t;2*9-;;;/m.10.../s1. The average Bonchev–Trinajstić information content (AvgIpc) is 3.75. The average molecular weight is 816 g/mol. The minimum absolute atomic E-state index is 0. The van der Waals surface area contributed by atoms with Gasteiger partial charge in [-0.1, -0.05) is 30.3 Å². The third-order valence-electron chi connectivity index (χ3n) is 11.5. The third kappa shape index (κ3) is 20.8. The molecule has 4 saturated heterocycles. The topological polar surface area (TPSA) is 25.9 Å². The van der Waals surface area contributed by atoms with E-state index >= 15 is 0 Å². The molecule has 0 aliphatic carbocycles. The molecule has 4 aliphatic heterocycles. The van der Waals surface area contributed by atoms with Gasteiger partial charge in [-0.3, -0.25) is 24.5 Å². The van der Waals surface area contributed by atoms with Crippen molar-refractivity contribution < 1.29 is 58.2 Å². The summed E-state index contributed by atoms with van der Waals surface area (Å²) in [6, 6.07) is 13.0. The van der Waals surface area contributed by atoms with E-state index in [2.05, 4.69) is 181 Å². The smallest absolute Gasteiger partial charge is 0.358 e. The van der Waals surface area contributed by atoms with Crippen LogP contribution >= 0.6 is 0 Å². The molecular formula is C44H89N8Rb. The number of hydrogen-bond acceptors (Lipinski definition) is 8. The second-order valence-electron chi connectivity index (χ2n) is 19.4. The van der Waals surface area contributed by atoms with Crippen molar-refractivity contribution in [1.29, 1.82) is 0 Å². The molecule has 1 aromatic carbocycles. The van der Waals surface area contributed by atoms with Gasteiger partial charge in [-0.05, 0) is 130 Å². The Kier molecular flexibility index (Phi) is 25.6. The minimum atomic E-state index is 0. The van der Waals surface area contributed by atoms with Crippen molar-refractivity contribution in [2.75, 3.05) is 114 Å². The molecule has 0 aromatic heterocycles. The number of likely N-dealkylation sites (tertiary alicyclic amines) is 2. The van der Waals surface area contributed by atoms with E-state index in [1.54, 1.807) is 0 Å². The summed E-state index contributed by atoms with van der Waals surface area (Å²) in [4.78, 5) is 19.9. The fourth-order valence-corrected chi connectivity index (χ4v) is 7.30. The van der Waals surface area contributed by atoms with E-state index < -0.39 is 0 Å². The molecule has 0 N–H and O–H groups in total. The predicted molar refractivity (Wildman–Crippen MR) is 231 cm³/mol. The molecule has 1 aromatic rings. The van der Waals surface area contributed by atoms with Crippen LogP contribution in [0.1, 0.15) is 94.6 Å². The van der Waals surface area contributed by atoms with Gasteiger partial charge in [-0.25, -0.2) is 0 Å². The first-order valence-corrected chi connectivity index (χ1v) is 20.3. The maximum absolute atomic E-state index is 2.58. The second-order valence-corrected chi connectivity index (χ2v) is 19.4. The van der Waals surface area contributed by atoms with Gasteiger partial charge in [-0.15, -0.1) is 0 Å². The monoisotopic (exact) mass is 815 g/mol. The van der Waals surface area contributed by atoms with Crippen molar-refractivity contribution in [3.05, 3.63) is 43.3 Å². The van der Waals surface area contributed by atoms with Crippen molar-refractivity contribution in [3.63, 3.8) is 0 Å². The summed E-state index contributed by atoms with van der Waals surface area (Å²) in [6.07, 6.45) is 2.65. The van der Waals surface area contributed by atoms with E-state index in [4.69, 9.17) is 0 Å². The molecule has 2 atom stereocenters. The number of hydrogen-bond donors (Lipinski definition) is 0. The normalized spacial score (nSPS) is 23.0. The molecule has 4 heterocycles. The molecule has 53 heavy (non-hydrogen) atoms. The zero-order chi connectivity index (χ0) is 38.6. The molecule has 8 nitrogen and oxygen atoms in total. The van der Waals surface area contributed by atoms with Crippen molar-refractivity contribution in [3.8, 4) is 0 Å². The number of benzene rings is 1. The van der Waals surface area contributed by atoms with Gasteiger partial charge in [0.2, 0.25) is 0 Å². The summed E-state index contributed by atoms with van der Waals surface area (Å²) >= 11 is 0. The van der Waals surface area contributed by atoms with Crippen LogP contribution in [0, 0.1) is 7.43 Å². The van der Waals surface area contributed by atoms with Crippen molar-refractivity contribution in [2.45, 2.75) is 130 Å². The molecule has 306 valence electrons. The Morgan fingerprint density at radius 1 is 0.585 bits per heavy atom. The van der Waals surface area contributed by atoms with E-state index in [1.807, 2.05) is 0 Å². The minimum Gasteiger partial charge on any atom is -0.358 e. The first-order chi connectivity index (χ1) is 23.6. The van der Waals surface area contributed by atoms with Gasteiger partial charge >= 0.3 is 58.2 Å². The largest absolute Gasteiger partial charge is 1.00 e. The molecular weight excluding hydrogens is 726 g/mol. The molecule has 9 heteroatoms. The van der Waals surface area contributed by atoms with E-state index in [9.17, 15) is 0 Å². The fourth-order valence-electron chi connectivity index (χ4n) is 7.30. The van der Waals surface area contributed by atoms with Gasteiger partial charge in [0.15, 0.2) is 0 Å². The molecule has 0 spiro atoms. The summed E-state index contributed by atoms with van der Waals surface area (Å²) in [6.45, 7) is 41.0. The Morgan fingerprint density at radius 3 is 1.28 bits per heavy atom.